The van der Waals surface area contributed by atoms with Crippen molar-refractivity contribution in [3.05, 3.63) is 0 Å². The van der Waals surface area contributed by atoms with Crippen LogP contribution in [0, 0.1) is 5.92 Å². The lowest BCUT2D eigenvalue weighted by atomic mass is 9.87. The average Bonchev–Trinajstić information content (AvgIpc) is 3.38. The Labute approximate surface area is 193 Å². The average molecular weight is 471 g/mol. The van der Waals surface area contributed by atoms with E-state index in [1.165, 1.54) is 12.8 Å². The first-order valence-corrected chi connectivity index (χ1v) is 11.0. The minimum absolute atomic E-state index is 0. The monoisotopic (exact) mass is 470 g/mol. The maximum absolute atomic E-state index is 12.0. The Morgan fingerprint density at radius 1 is 1.03 bits per heavy atom. The van der Waals surface area contributed by atoms with Crippen molar-refractivity contribution in [2.24, 2.45) is 5.92 Å². The van der Waals surface area contributed by atoms with E-state index in [4.69, 9.17) is 18.9 Å². The van der Waals surface area contributed by atoms with E-state index in [1.54, 1.807) is 14.2 Å². The van der Waals surface area contributed by atoms with Crippen LogP contribution in [-0.2, 0) is 23.7 Å². The molecule has 2 aliphatic heterocycles. The van der Waals surface area contributed by atoms with Crippen molar-refractivity contribution in [1.29, 1.82) is 0 Å². The molecule has 178 valence electrons. The van der Waals surface area contributed by atoms with Gasteiger partial charge in [-0.05, 0) is 58.3 Å². The van der Waals surface area contributed by atoms with E-state index < -0.39 is 5.72 Å². The minimum atomic E-state index is -0.413. The van der Waals surface area contributed by atoms with Gasteiger partial charge in [-0.3, -0.25) is 9.69 Å². The third-order valence-electron chi connectivity index (χ3n) is 6.57. The molecule has 1 aliphatic carbocycles. The molecule has 3 aliphatic rings. The lowest BCUT2D eigenvalue weighted by Crippen LogP contribution is -2.60. The molecule has 0 aromatic carbocycles. The van der Waals surface area contributed by atoms with Gasteiger partial charge < -0.3 is 18.9 Å². The van der Waals surface area contributed by atoms with Gasteiger partial charge in [0.05, 0.1) is 25.2 Å². The number of hydrogen-bond donors (Lipinski definition) is 0. The molecule has 0 radical (unpaired) electrons. The van der Waals surface area contributed by atoms with Gasteiger partial charge >= 0.3 is 5.97 Å². The molecule has 9 heteroatoms. The Morgan fingerprint density at radius 3 is 2.27 bits per heavy atom. The maximum Gasteiger partial charge on any atom is 0.308 e. The van der Waals surface area contributed by atoms with Crippen LogP contribution in [0.2, 0.25) is 0 Å². The molecule has 0 aromatic rings. The highest BCUT2D eigenvalue weighted by atomic mass is 35.5. The number of carbonyl (C=O) groups is 1. The van der Waals surface area contributed by atoms with Gasteiger partial charge in [0, 0.05) is 33.9 Å². The van der Waals surface area contributed by atoms with Gasteiger partial charge in [-0.25, -0.2) is 4.90 Å². The summed E-state index contributed by atoms with van der Waals surface area (Å²) in [4.78, 5) is 16.9. The first kappa shape index (κ1) is 27.9. The molecule has 3 fully saturated rings. The van der Waals surface area contributed by atoms with Crippen molar-refractivity contribution < 1.29 is 23.7 Å². The Balaban J connectivity index is 0.00000225. The largest absolute Gasteiger partial charge is 0.466 e. The second kappa shape index (κ2) is 13.4. The van der Waals surface area contributed by atoms with E-state index >= 15 is 0 Å². The first-order valence-electron chi connectivity index (χ1n) is 11.0. The second-order valence-electron chi connectivity index (χ2n) is 8.31. The summed E-state index contributed by atoms with van der Waals surface area (Å²) in [6, 6.07) is 0. The summed E-state index contributed by atoms with van der Waals surface area (Å²) in [6.07, 6.45) is 8.09. The summed E-state index contributed by atoms with van der Waals surface area (Å²) >= 11 is 0. The summed E-state index contributed by atoms with van der Waals surface area (Å²) in [6.45, 7) is 5.95. The van der Waals surface area contributed by atoms with E-state index in [2.05, 4.69) is 9.80 Å². The molecule has 7 nitrogen and oxygen atoms in total. The molecular formula is C21H40Cl2N2O5. The molecule has 0 spiro atoms. The predicted octanol–water partition coefficient (Wildman–Crippen LogP) is 3.43. The van der Waals surface area contributed by atoms with Gasteiger partial charge in [0.15, 0.2) is 6.35 Å². The topological polar surface area (TPSA) is 60.5 Å². The Hall–Kier alpha value is -0.150. The number of ether oxygens (including phenoxy) is 4. The summed E-state index contributed by atoms with van der Waals surface area (Å²) < 4.78 is 23.4. The van der Waals surface area contributed by atoms with Crippen LogP contribution >= 0.6 is 24.8 Å². The van der Waals surface area contributed by atoms with Crippen LogP contribution in [0.25, 0.3) is 0 Å². The lowest BCUT2D eigenvalue weighted by Gasteiger charge is -2.46. The van der Waals surface area contributed by atoms with E-state index in [0.29, 0.717) is 13.2 Å². The van der Waals surface area contributed by atoms with Crippen molar-refractivity contribution in [2.45, 2.75) is 76.5 Å². The van der Waals surface area contributed by atoms with Crippen molar-refractivity contribution >= 4 is 30.8 Å². The molecule has 0 bridgehead atoms. The number of nitrogens with zero attached hydrogens (tertiary/aromatic N) is 2. The van der Waals surface area contributed by atoms with Crippen LogP contribution in [0.1, 0.15) is 58.3 Å². The van der Waals surface area contributed by atoms with Crippen LogP contribution in [0.3, 0.4) is 0 Å². The fraction of sp³-hybridized carbons (Fsp3) is 0.952. The third kappa shape index (κ3) is 6.44. The number of methoxy groups -OCH3 is 2. The van der Waals surface area contributed by atoms with Crippen LogP contribution in [0.5, 0.6) is 0 Å². The third-order valence-corrected chi connectivity index (χ3v) is 6.57. The standard InChI is InChI=1S/C21H38N2O5.2ClH/c1-4-27-19(24)17-8-10-18(11-9-17)28-20(22-13-5-6-14-22)23-15-7-12-21(23,26-3)16-25-2;;/h17-18,20H,4-16H2,1-3H3;2*1H/t17?,18?,20?,21-;;/m0../s1. The van der Waals surface area contributed by atoms with Crippen molar-refractivity contribution in [3.8, 4) is 0 Å². The number of rotatable bonds is 9. The summed E-state index contributed by atoms with van der Waals surface area (Å²) in [5.74, 6) is -0.0153. The van der Waals surface area contributed by atoms with Crippen molar-refractivity contribution in [3.63, 3.8) is 0 Å². The highest BCUT2D eigenvalue weighted by molar-refractivity contribution is 5.85. The molecule has 30 heavy (non-hydrogen) atoms. The van der Waals surface area contributed by atoms with Crippen LogP contribution < -0.4 is 0 Å². The molecule has 3 rings (SSSR count). The van der Waals surface area contributed by atoms with Crippen molar-refractivity contribution in [2.75, 3.05) is 47.1 Å². The zero-order valence-electron chi connectivity index (χ0n) is 18.7. The number of esters is 1. The molecule has 0 aromatic heterocycles. The molecule has 2 atom stereocenters. The zero-order chi connectivity index (χ0) is 20.0. The van der Waals surface area contributed by atoms with Crippen molar-refractivity contribution in [1.82, 2.24) is 9.80 Å². The molecule has 1 saturated carbocycles. The first-order chi connectivity index (χ1) is 13.6. The summed E-state index contributed by atoms with van der Waals surface area (Å²) in [5.41, 5.74) is -0.413. The Bertz CT molecular complexity index is 502. The van der Waals surface area contributed by atoms with Gasteiger partial charge in [-0.2, -0.15) is 0 Å². The predicted molar refractivity (Wildman–Crippen MR) is 120 cm³/mol. The fourth-order valence-electron chi connectivity index (χ4n) is 5.03. The molecule has 1 unspecified atom stereocenters. The highest BCUT2D eigenvalue weighted by Crippen LogP contribution is 2.36. The van der Waals surface area contributed by atoms with E-state index in [1.807, 2.05) is 6.92 Å². The van der Waals surface area contributed by atoms with Gasteiger partial charge in [-0.1, -0.05) is 0 Å². The van der Waals surface area contributed by atoms with Gasteiger partial charge in [0.1, 0.15) is 5.72 Å². The Kier molecular flexibility index (Phi) is 12.5. The van der Waals surface area contributed by atoms with Crippen LogP contribution in [0.4, 0.5) is 0 Å². The number of halogens is 2. The molecular weight excluding hydrogens is 431 g/mol. The number of hydrogen-bond acceptors (Lipinski definition) is 7. The highest BCUT2D eigenvalue weighted by Gasteiger charge is 2.48. The Morgan fingerprint density at radius 2 is 1.70 bits per heavy atom. The van der Waals surface area contributed by atoms with E-state index in [-0.39, 0.29) is 49.2 Å². The second-order valence-corrected chi connectivity index (χ2v) is 8.31. The van der Waals surface area contributed by atoms with E-state index in [9.17, 15) is 4.79 Å². The van der Waals surface area contributed by atoms with Gasteiger partial charge in [-0.15, -0.1) is 24.8 Å². The normalized spacial score (nSPS) is 31.0. The number of carbonyl (C=O) groups excluding carboxylic acids is 1. The smallest absolute Gasteiger partial charge is 0.308 e. The molecule has 0 amide bonds. The SMILES string of the molecule is CCOC(=O)C1CCC(OC(N2CCCC2)N2CCC[C@@]2(COC)OC)CC1.Cl.Cl. The maximum atomic E-state index is 12.0. The summed E-state index contributed by atoms with van der Waals surface area (Å²) in [7, 11) is 3.52. The number of likely N-dealkylation sites (tertiary alicyclic amines) is 2. The molecule has 2 saturated heterocycles. The molecule has 0 N–H and O–H groups in total. The quantitative estimate of drug-likeness (QED) is 0.478. The minimum Gasteiger partial charge on any atom is -0.466 e. The molecule has 2 heterocycles. The lowest BCUT2D eigenvalue weighted by molar-refractivity contribution is -0.259. The summed E-state index contributed by atoms with van der Waals surface area (Å²) in [5, 5.41) is 0. The van der Waals surface area contributed by atoms with Crippen LogP contribution in [-0.4, -0.2) is 81.0 Å². The van der Waals surface area contributed by atoms with Crippen LogP contribution in [0.15, 0.2) is 0 Å². The van der Waals surface area contributed by atoms with Gasteiger partial charge in [0.2, 0.25) is 0 Å². The fourth-order valence-corrected chi connectivity index (χ4v) is 5.03. The van der Waals surface area contributed by atoms with E-state index in [0.717, 1.165) is 58.2 Å². The zero-order valence-corrected chi connectivity index (χ0v) is 20.3. The van der Waals surface area contributed by atoms with Gasteiger partial charge in [0.25, 0.3) is 0 Å².